The van der Waals surface area contributed by atoms with Crippen LogP contribution in [0.4, 0.5) is 11.4 Å². The molecule has 0 aliphatic heterocycles. The summed E-state index contributed by atoms with van der Waals surface area (Å²) in [5.41, 5.74) is 8.60. The minimum absolute atomic E-state index is 0.431. The van der Waals surface area contributed by atoms with Crippen LogP contribution in [0.15, 0.2) is 169 Å². The second-order valence-corrected chi connectivity index (χ2v) is 10.7. The van der Waals surface area contributed by atoms with E-state index < -0.39 is 11.1 Å². The van der Waals surface area contributed by atoms with Gasteiger partial charge in [0.25, 0.3) is 0 Å². The van der Waals surface area contributed by atoms with E-state index in [1.807, 2.05) is 12.1 Å². The highest BCUT2D eigenvalue weighted by molar-refractivity contribution is 5.62. The lowest BCUT2D eigenvalue weighted by Crippen LogP contribution is -2.33. The maximum atomic E-state index is 3.79. The van der Waals surface area contributed by atoms with Gasteiger partial charge in [-0.3, -0.25) is 0 Å². The molecule has 0 aromatic heterocycles. The molecule has 2 heteroatoms. The largest absolute Gasteiger partial charge is 0.369 e. The van der Waals surface area contributed by atoms with E-state index in [0.717, 1.165) is 11.4 Å². The Morgan fingerprint density at radius 1 is 0.425 bits per heavy atom. The van der Waals surface area contributed by atoms with E-state index in [-0.39, 0.29) is 0 Å². The van der Waals surface area contributed by atoms with Crippen molar-refractivity contribution in [3.63, 3.8) is 0 Å². The summed E-state index contributed by atoms with van der Waals surface area (Å²) in [6.45, 7) is 4.29. The van der Waals surface area contributed by atoms with Gasteiger partial charge in [0, 0.05) is 11.4 Å². The minimum atomic E-state index is -0.431. The van der Waals surface area contributed by atoms with E-state index >= 15 is 0 Å². The average Bonchev–Trinajstić information content (AvgIpc) is 2.99. The monoisotopic (exact) mass is 518 g/mol. The molecule has 2 aliphatic carbocycles. The summed E-state index contributed by atoms with van der Waals surface area (Å²) in [4.78, 5) is 0. The highest BCUT2D eigenvalue weighted by Crippen LogP contribution is 2.38. The van der Waals surface area contributed by atoms with Crippen molar-refractivity contribution in [1.82, 2.24) is 0 Å². The maximum absolute atomic E-state index is 3.79. The van der Waals surface area contributed by atoms with Crippen LogP contribution in [-0.4, -0.2) is 0 Å². The molecule has 6 rings (SSSR count). The molecule has 40 heavy (non-hydrogen) atoms. The van der Waals surface area contributed by atoms with E-state index in [1.165, 1.54) is 33.4 Å². The van der Waals surface area contributed by atoms with Crippen molar-refractivity contribution in [2.45, 2.75) is 24.9 Å². The zero-order valence-corrected chi connectivity index (χ0v) is 23.0. The Balaban J connectivity index is 1.35. The van der Waals surface area contributed by atoms with Gasteiger partial charge in [-0.15, -0.1) is 0 Å². The topological polar surface area (TPSA) is 24.1 Å². The van der Waals surface area contributed by atoms with E-state index in [9.17, 15) is 0 Å². The zero-order valence-electron chi connectivity index (χ0n) is 23.0. The standard InChI is InChI=1S/C38H34N2/c1-29-11-9-13-33(27-29)37(39-35-15-5-3-6-16-35)23-19-31(20-24-37)32-21-25-38(26-22-32,34-14-10-12-30(2)28-34)40-36-17-7-4-8-18-36/h3-28,39-40H,1-2H3. The van der Waals surface area contributed by atoms with Crippen molar-refractivity contribution in [3.8, 4) is 0 Å². The second kappa shape index (κ2) is 10.7. The SMILES string of the molecule is Cc1cccc(C2(Nc3ccccc3)C=CC(=C3C=CC(Nc4ccccc4)(c4cccc(C)c4)C=C3)C=C2)c1. The fraction of sp³-hybridized carbons (Fsp3) is 0.105. The normalized spacial score (nSPS) is 21.4. The van der Waals surface area contributed by atoms with Crippen molar-refractivity contribution in [2.75, 3.05) is 10.6 Å². The molecular weight excluding hydrogens is 484 g/mol. The van der Waals surface area contributed by atoms with Gasteiger partial charge < -0.3 is 10.6 Å². The van der Waals surface area contributed by atoms with Gasteiger partial charge in [-0.2, -0.15) is 0 Å². The molecule has 0 atom stereocenters. The van der Waals surface area contributed by atoms with Crippen LogP contribution in [0, 0.1) is 13.8 Å². The number of hydrogen-bond donors (Lipinski definition) is 2. The van der Waals surface area contributed by atoms with Gasteiger partial charge in [0.1, 0.15) is 11.1 Å². The predicted octanol–water partition coefficient (Wildman–Crippen LogP) is 9.17. The predicted molar refractivity (Wildman–Crippen MR) is 169 cm³/mol. The Labute approximate surface area is 237 Å². The molecule has 0 saturated carbocycles. The summed E-state index contributed by atoms with van der Waals surface area (Å²) in [5.74, 6) is 0. The Morgan fingerprint density at radius 3 is 1.15 bits per heavy atom. The van der Waals surface area contributed by atoms with Crippen LogP contribution < -0.4 is 10.6 Å². The molecule has 0 amide bonds. The number of benzene rings is 4. The van der Waals surface area contributed by atoms with Crippen LogP contribution in [-0.2, 0) is 11.1 Å². The number of rotatable bonds is 6. The first-order valence-corrected chi connectivity index (χ1v) is 13.9. The first-order valence-electron chi connectivity index (χ1n) is 13.9. The summed E-state index contributed by atoms with van der Waals surface area (Å²) in [5, 5.41) is 7.57. The van der Waals surface area contributed by atoms with Gasteiger partial charge in [-0.05, 0) is 60.4 Å². The molecule has 0 saturated heterocycles. The quantitative estimate of drug-likeness (QED) is 0.266. The molecule has 0 radical (unpaired) electrons. The summed E-state index contributed by atoms with van der Waals surface area (Å²) >= 11 is 0. The van der Waals surface area contributed by atoms with Crippen LogP contribution in [0.25, 0.3) is 0 Å². The number of para-hydroxylation sites is 2. The molecular formula is C38H34N2. The summed E-state index contributed by atoms with van der Waals surface area (Å²) in [7, 11) is 0. The van der Waals surface area contributed by atoms with Crippen LogP contribution >= 0.6 is 0 Å². The van der Waals surface area contributed by atoms with Gasteiger partial charge in [0.15, 0.2) is 0 Å². The lowest BCUT2D eigenvalue weighted by molar-refractivity contribution is 0.765. The number of nitrogens with one attached hydrogen (secondary N) is 2. The van der Waals surface area contributed by atoms with Gasteiger partial charge in [0.2, 0.25) is 0 Å². The summed E-state index contributed by atoms with van der Waals surface area (Å²) < 4.78 is 0. The smallest absolute Gasteiger partial charge is 0.100 e. The molecule has 4 aromatic rings. The van der Waals surface area contributed by atoms with Crippen LogP contribution in [0.1, 0.15) is 22.3 Å². The zero-order chi connectivity index (χ0) is 27.4. The molecule has 0 fully saturated rings. The summed E-state index contributed by atoms with van der Waals surface area (Å²) in [6.07, 6.45) is 18.1. The number of anilines is 2. The number of allylic oxidation sites excluding steroid dienone is 6. The first-order chi connectivity index (χ1) is 19.5. The number of aryl methyl sites for hydroxylation is 2. The molecule has 0 unspecified atom stereocenters. The lowest BCUT2D eigenvalue weighted by atomic mass is 9.81. The third-order valence-electron chi connectivity index (χ3n) is 7.68. The van der Waals surface area contributed by atoms with Gasteiger partial charge in [0.05, 0.1) is 0 Å². The second-order valence-electron chi connectivity index (χ2n) is 10.7. The van der Waals surface area contributed by atoms with Crippen molar-refractivity contribution < 1.29 is 0 Å². The first kappa shape index (κ1) is 25.5. The third kappa shape index (κ3) is 5.21. The molecule has 2 aliphatic rings. The maximum Gasteiger partial charge on any atom is 0.100 e. The van der Waals surface area contributed by atoms with Crippen LogP contribution in [0.5, 0.6) is 0 Å². The van der Waals surface area contributed by atoms with Crippen molar-refractivity contribution >= 4 is 11.4 Å². The highest BCUT2D eigenvalue weighted by atomic mass is 15.0. The molecule has 196 valence electrons. The molecule has 2 N–H and O–H groups in total. The lowest BCUT2D eigenvalue weighted by Gasteiger charge is -2.34. The molecule has 2 nitrogen and oxygen atoms in total. The Morgan fingerprint density at radius 2 is 0.800 bits per heavy atom. The summed E-state index contributed by atoms with van der Waals surface area (Å²) in [6, 6.07) is 38.3. The van der Waals surface area contributed by atoms with E-state index in [0.29, 0.717) is 0 Å². The third-order valence-corrected chi connectivity index (χ3v) is 7.68. The molecule has 0 spiro atoms. The van der Waals surface area contributed by atoms with Crippen molar-refractivity contribution in [2.24, 2.45) is 0 Å². The molecule has 0 heterocycles. The van der Waals surface area contributed by atoms with Crippen LogP contribution in [0.2, 0.25) is 0 Å². The van der Waals surface area contributed by atoms with Crippen LogP contribution in [0.3, 0.4) is 0 Å². The Hall–Kier alpha value is -4.82. The number of hydrogen-bond acceptors (Lipinski definition) is 2. The van der Waals surface area contributed by atoms with Gasteiger partial charge in [-0.1, -0.05) is 145 Å². The molecule has 0 bridgehead atoms. The van der Waals surface area contributed by atoms with Gasteiger partial charge >= 0.3 is 0 Å². The average molecular weight is 519 g/mol. The minimum Gasteiger partial charge on any atom is -0.369 e. The molecule has 4 aromatic carbocycles. The van der Waals surface area contributed by atoms with Crippen molar-refractivity contribution in [1.29, 1.82) is 0 Å². The Bertz CT molecular complexity index is 1500. The van der Waals surface area contributed by atoms with Gasteiger partial charge in [-0.25, -0.2) is 0 Å². The van der Waals surface area contributed by atoms with Crippen molar-refractivity contribution in [3.05, 3.63) is 191 Å². The van der Waals surface area contributed by atoms with E-state index in [2.05, 4.69) is 170 Å². The van der Waals surface area contributed by atoms with E-state index in [4.69, 9.17) is 0 Å². The fourth-order valence-corrected chi connectivity index (χ4v) is 5.51. The Kier molecular flexibility index (Phi) is 6.84. The van der Waals surface area contributed by atoms with E-state index in [1.54, 1.807) is 0 Å². The highest BCUT2D eigenvalue weighted by Gasteiger charge is 2.31. The fourth-order valence-electron chi connectivity index (χ4n) is 5.51.